The van der Waals surface area contributed by atoms with Crippen LogP contribution in [0, 0.1) is 5.41 Å². The number of hydrogen-bond donors (Lipinski definition) is 1. The molecule has 13 heavy (non-hydrogen) atoms. The van der Waals surface area contributed by atoms with Crippen LogP contribution in [0.2, 0.25) is 0 Å². The molecule has 2 nitrogen and oxygen atoms in total. The maximum atomic E-state index is 8.07. The summed E-state index contributed by atoms with van der Waals surface area (Å²) >= 11 is 3.97. The lowest BCUT2D eigenvalue weighted by atomic mass is 10.4. The van der Waals surface area contributed by atoms with Crippen LogP contribution in [0.25, 0.3) is 0 Å². The zero-order chi connectivity index (χ0) is 9.10. The van der Waals surface area contributed by atoms with E-state index in [4.69, 9.17) is 5.41 Å². The molecule has 2 aliphatic rings. The van der Waals surface area contributed by atoms with Crippen molar-refractivity contribution in [2.45, 2.75) is 18.1 Å². The number of nitrogens with one attached hydrogen (secondary N) is 1. The third kappa shape index (κ3) is 2.34. The largest absolute Gasteiger partial charge is 0.360 e. The number of thioether (sulfide) groups is 2. The average Bonchev–Trinajstić information content (AvgIpc) is 2.71. The van der Waals surface area contributed by atoms with Crippen LogP contribution in [0.3, 0.4) is 0 Å². The van der Waals surface area contributed by atoms with Crippen LogP contribution in [0.1, 0.15) is 12.8 Å². The Hall–Kier alpha value is 0.170. The molecule has 1 N–H and O–H groups in total. The minimum absolute atomic E-state index is 0.483. The van der Waals surface area contributed by atoms with Gasteiger partial charge in [0.15, 0.2) is 0 Å². The van der Waals surface area contributed by atoms with Crippen molar-refractivity contribution in [3.63, 3.8) is 0 Å². The molecule has 1 atom stereocenters. The maximum Gasteiger partial charge on any atom is 0.110 e. The molecule has 4 heteroatoms. The SMILES string of the molecule is N=C(C1CSCCS1)N1CCCC1. The first kappa shape index (κ1) is 9.71. The Labute approximate surface area is 88.3 Å². The molecule has 2 fully saturated rings. The number of nitrogens with zero attached hydrogens (tertiary/aromatic N) is 1. The number of hydrogen-bond acceptors (Lipinski definition) is 3. The zero-order valence-corrected chi connectivity index (χ0v) is 9.42. The topological polar surface area (TPSA) is 27.1 Å². The van der Waals surface area contributed by atoms with E-state index in [1.54, 1.807) is 0 Å². The molecule has 0 aromatic rings. The first-order valence-corrected chi connectivity index (χ1v) is 7.11. The molecule has 0 saturated carbocycles. The molecule has 1 unspecified atom stereocenters. The van der Waals surface area contributed by atoms with Gasteiger partial charge in [-0.05, 0) is 12.8 Å². The molecule has 0 aromatic carbocycles. The molecule has 0 radical (unpaired) electrons. The summed E-state index contributed by atoms with van der Waals surface area (Å²) in [6.45, 7) is 2.25. The van der Waals surface area contributed by atoms with Gasteiger partial charge in [-0.3, -0.25) is 5.41 Å². The number of amidine groups is 1. The Balaban J connectivity index is 1.87. The normalized spacial score (nSPS) is 29.2. The molecule has 2 aliphatic heterocycles. The molecule has 0 bridgehead atoms. The predicted molar refractivity (Wildman–Crippen MR) is 62.1 cm³/mol. The van der Waals surface area contributed by atoms with E-state index in [9.17, 15) is 0 Å². The van der Waals surface area contributed by atoms with Crippen molar-refractivity contribution in [1.29, 1.82) is 5.41 Å². The van der Waals surface area contributed by atoms with Crippen LogP contribution in [-0.4, -0.2) is 46.3 Å². The van der Waals surface area contributed by atoms with Crippen LogP contribution in [0.15, 0.2) is 0 Å². The van der Waals surface area contributed by atoms with E-state index in [-0.39, 0.29) is 0 Å². The summed E-state index contributed by atoms with van der Waals surface area (Å²) < 4.78 is 0. The van der Waals surface area contributed by atoms with Gasteiger partial charge in [0.1, 0.15) is 5.84 Å². The number of rotatable bonds is 1. The van der Waals surface area contributed by atoms with E-state index in [1.807, 2.05) is 23.5 Å². The standard InChI is InChI=1S/C9H16N2S2/c10-9(11-3-1-2-4-11)8-7-12-5-6-13-8/h8,10H,1-7H2. The van der Waals surface area contributed by atoms with Gasteiger partial charge in [-0.15, -0.1) is 11.8 Å². The monoisotopic (exact) mass is 216 g/mol. The van der Waals surface area contributed by atoms with E-state index < -0.39 is 0 Å². The molecule has 74 valence electrons. The van der Waals surface area contributed by atoms with Crippen molar-refractivity contribution in [2.24, 2.45) is 0 Å². The second-order valence-electron chi connectivity index (χ2n) is 3.51. The van der Waals surface area contributed by atoms with Gasteiger partial charge in [0.25, 0.3) is 0 Å². The fourth-order valence-electron chi connectivity index (χ4n) is 1.81. The van der Waals surface area contributed by atoms with Gasteiger partial charge in [-0.1, -0.05) is 0 Å². The quantitative estimate of drug-likeness (QED) is 0.536. The lowest BCUT2D eigenvalue weighted by Crippen LogP contribution is -2.37. The molecular formula is C9H16N2S2. The minimum atomic E-state index is 0.483. The van der Waals surface area contributed by atoms with Gasteiger partial charge in [0.05, 0.1) is 5.25 Å². The Bertz CT molecular complexity index is 184. The summed E-state index contributed by atoms with van der Waals surface area (Å²) in [7, 11) is 0. The van der Waals surface area contributed by atoms with E-state index in [1.165, 1.54) is 24.3 Å². The fourth-order valence-corrected chi connectivity index (χ4v) is 4.47. The highest BCUT2D eigenvalue weighted by molar-refractivity contribution is 8.07. The van der Waals surface area contributed by atoms with Crippen molar-refractivity contribution in [1.82, 2.24) is 4.90 Å². The maximum absolute atomic E-state index is 8.07. The molecule has 2 rings (SSSR count). The van der Waals surface area contributed by atoms with Gasteiger partial charge >= 0.3 is 0 Å². The van der Waals surface area contributed by atoms with E-state index in [2.05, 4.69) is 4.90 Å². The van der Waals surface area contributed by atoms with Gasteiger partial charge < -0.3 is 4.90 Å². The average molecular weight is 216 g/mol. The Morgan fingerprint density at radius 1 is 1.23 bits per heavy atom. The summed E-state index contributed by atoms with van der Waals surface area (Å²) in [4.78, 5) is 2.27. The highest BCUT2D eigenvalue weighted by Crippen LogP contribution is 2.26. The van der Waals surface area contributed by atoms with E-state index in [0.29, 0.717) is 5.25 Å². The molecule has 0 spiro atoms. The van der Waals surface area contributed by atoms with Crippen molar-refractivity contribution in [3.05, 3.63) is 0 Å². The highest BCUT2D eigenvalue weighted by atomic mass is 32.2. The molecule has 0 aliphatic carbocycles. The van der Waals surface area contributed by atoms with Gasteiger partial charge in [-0.2, -0.15) is 11.8 Å². The van der Waals surface area contributed by atoms with Gasteiger partial charge in [0.2, 0.25) is 0 Å². The second kappa shape index (κ2) is 4.60. The summed E-state index contributed by atoms with van der Waals surface area (Å²) in [5.74, 6) is 4.55. The molecule has 0 aromatic heterocycles. The Morgan fingerprint density at radius 3 is 2.62 bits per heavy atom. The van der Waals surface area contributed by atoms with Gasteiger partial charge in [-0.25, -0.2) is 0 Å². The molecule has 2 saturated heterocycles. The van der Waals surface area contributed by atoms with Crippen LogP contribution < -0.4 is 0 Å². The molecular weight excluding hydrogens is 200 g/mol. The van der Waals surface area contributed by atoms with Crippen molar-refractivity contribution in [3.8, 4) is 0 Å². The van der Waals surface area contributed by atoms with Crippen LogP contribution in [0.5, 0.6) is 0 Å². The van der Waals surface area contributed by atoms with Crippen LogP contribution in [0.4, 0.5) is 0 Å². The highest BCUT2D eigenvalue weighted by Gasteiger charge is 2.24. The Kier molecular flexibility index (Phi) is 3.44. The first-order valence-electron chi connectivity index (χ1n) is 4.90. The van der Waals surface area contributed by atoms with Crippen LogP contribution in [-0.2, 0) is 0 Å². The minimum Gasteiger partial charge on any atom is -0.360 e. The summed E-state index contributed by atoms with van der Waals surface area (Å²) in [6, 6.07) is 0. The lowest BCUT2D eigenvalue weighted by Gasteiger charge is -2.27. The molecule has 2 heterocycles. The third-order valence-electron chi connectivity index (χ3n) is 2.57. The number of likely N-dealkylation sites (tertiary alicyclic amines) is 1. The zero-order valence-electron chi connectivity index (χ0n) is 7.79. The van der Waals surface area contributed by atoms with Crippen molar-refractivity contribution >= 4 is 29.4 Å². The first-order chi connectivity index (χ1) is 6.38. The van der Waals surface area contributed by atoms with E-state index >= 15 is 0 Å². The Morgan fingerprint density at radius 2 is 2.00 bits per heavy atom. The predicted octanol–water partition coefficient (Wildman–Crippen LogP) is 1.91. The smallest absolute Gasteiger partial charge is 0.110 e. The second-order valence-corrected chi connectivity index (χ2v) is 5.97. The summed E-state index contributed by atoms with van der Waals surface area (Å²) in [5, 5.41) is 8.56. The molecule has 0 amide bonds. The summed E-state index contributed by atoms with van der Waals surface area (Å²) in [6.07, 6.45) is 2.57. The van der Waals surface area contributed by atoms with Crippen LogP contribution >= 0.6 is 23.5 Å². The van der Waals surface area contributed by atoms with Crippen molar-refractivity contribution in [2.75, 3.05) is 30.3 Å². The van der Waals surface area contributed by atoms with Gasteiger partial charge in [0, 0.05) is 30.3 Å². The third-order valence-corrected chi connectivity index (χ3v) is 5.33. The summed E-state index contributed by atoms with van der Waals surface area (Å²) in [5.41, 5.74) is 0. The van der Waals surface area contributed by atoms with Crippen molar-refractivity contribution < 1.29 is 0 Å². The fraction of sp³-hybridized carbons (Fsp3) is 0.889. The van der Waals surface area contributed by atoms with E-state index in [0.717, 1.165) is 24.7 Å². The lowest BCUT2D eigenvalue weighted by molar-refractivity contribution is 0.507.